The third kappa shape index (κ3) is 9.53. The van der Waals surface area contributed by atoms with Gasteiger partial charge in [-0.05, 0) is 44.9 Å². The average molecular weight is 338 g/mol. The SMILES string of the molecule is CCCCCC1(CCCCCCCC/C=C/C(O)C(N)CC)N=N1. The van der Waals surface area contributed by atoms with E-state index in [1.54, 1.807) is 0 Å². The summed E-state index contributed by atoms with van der Waals surface area (Å²) in [5.74, 6) is 0. The summed E-state index contributed by atoms with van der Waals surface area (Å²) in [6.45, 7) is 4.24. The van der Waals surface area contributed by atoms with E-state index in [-0.39, 0.29) is 11.7 Å². The molecule has 0 bridgehead atoms. The molecule has 0 aliphatic carbocycles. The molecule has 0 spiro atoms. The van der Waals surface area contributed by atoms with Gasteiger partial charge >= 0.3 is 0 Å². The minimum atomic E-state index is -0.488. The molecule has 24 heavy (non-hydrogen) atoms. The molecule has 1 aliphatic rings. The molecule has 1 heterocycles. The van der Waals surface area contributed by atoms with Crippen molar-refractivity contribution in [3.8, 4) is 0 Å². The van der Waals surface area contributed by atoms with Crippen molar-refractivity contribution in [2.24, 2.45) is 16.0 Å². The van der Waals surface area contributed by atoms with Gasteiger partial charge in [-0.2, -0.15) is 10.2 Å². The third-order valence-corrected chi connectivity index (χ3v) is 5.00. The van der Waals surface area contributed by atoms with Crippen molar-refractivity contribution in [2.75, 3.05) is 0 Å². The number of aliphatic hydroxyl groups excluding tert-OH is 1. The predicted molar refractivity (Wildman–Crippen MR) is 102 cm³/mol. The van der Waals surface area contributed by atoms with Crippen LogP contribution in [-0.4, -0.2) is 22.9 Å². The van der Waals surface area contributed by atoms with E-state index in [0.29, 0.717) is 0 Å². The molecule has 140 valence electrons. The average Bonchev–Trinajstić information content (AvgIpc) is 3.35. The molecule has 0 radical (unpaired) electrons. The zero-order chi connectivity index (χ0) is 17.7. The van der Waals surface area contributed by atoms with E-state index in [1.807, 2.05) is 13.0 Å². The Kier molecular flexibility index (Phi) is 11.2. The normalized spacial score (nSPS) is 18.2. The molecule has 0 amide bonds. The van der Waals surface area contributed by atoms with Crippen LogP contribution in [0.2, 0.25) is 0 Å². The van der Waals surface area contributed by atoms with Gasteiger partial charge < -0.3 is 10.8 Å². The molecule has 2 unspecified atom stereocenters. The first-order valence-corrected chi connectivity index (χ1v) is 10.2. The number of rotatable bonds is 16. The van der Waals surface area contributed by atoms with Crippen molar-refractivity contribution < 1.29 is 5.11 Å². The van der Waals surface area contributed by atoms with Crippen LogP contribution < -0.4 is 5.73 Å². The standard InChI is InChI=1S/C20H39N3O/c1-3-5-13-16-20(22-23-20)17-14-11-9-7-6-8-10-12-15-19(24)18(21)4-2/h12,15,18-19,24H,3-11,13-14,16-17,21H2,1-2H3/b15-12+. The van der Waals surface area contributed by atoms with Crippen molar-refractivity contribution >= 4 is 0 Å². The summed E-state index contributed by atoms with van der Waals surface area (Å²) in [6.07, 6.45) is 19.2. The first-order chi connectivity index (χ1) is 11.6. The maximum atomic E-state index is 9.73. The fourth-order valence-electron chi connectivity index (χ4n) is 3.05. The Morgan fingerprint density at radius 1 is 0.917 bits per heavy atom. The second-order valence-corrected chi connectivity index (χ2v) is 7.29. The van der Waals surface area contributed by atoms with Gasteiger partial charge in [0.15, 0.2) is 5.66 Å². The zero-order valence-electron chi connectivity index (χ0n) is 15.9. The number of aliphatic hydroxyl groups is 1. The summed E-state index contributed by atoms with van der Waals surface area (Å²) in [6, 6.07) is -0.128. The summed E-state index contributed by atoms with van der Waals surface area (Å²) in [4.78, 5) is 0. The number of unbranched alkanes of at least 4 members (excludes halogenated alkanes) is 8. The Bertz CT molecular complexity index is 362. The highest BCUT2D eigenvalue weighted by Crippen LogP contribution is 2.38. The quantitative estimate of drug-likeness (QED) is 0.288. The van der Waals surface area contributed by atoms with Gasteiger partial charge in [-0.25, -0.2) is 0 Å². The first-order valence-electron chi connectivity index (χ1n) is 10.2. The van der Waals surface area contributed by atoms with Gasteiger partial charge in [-0.1, -0.05) is 64.5 Å². The number of allylic oxidation sites excluding steroid dienone is 1. The van der Waals surface area contributed by atoms with Gasteiger partial charge in [0.25, 0.3) is 0 Å². The third-order valence-electron chi connectivity index (χ3n) is 5.00. The molecular formula is C20H39N3O. The lowest BCUT2D eigenvalue weighted by atomic mass is 9.98. The molecule has 4 nitrogen and oxygen atoms in total. The van der Waals surface area contributed by atoms with Crippen molar-refractivity contribution in [1.82, 2.24) is 0 Å². The summed E-state index contributed by atoms with van der Waals surface area (Å²) in [5.41, 5.74) is 5.82. The molecule has 1 aliphatic heterocycles. The minimum Gasteiger partial charge on any atom is -0.387 e. The molecule has 0 saturated carbocycles. The van der Waals surface area contributed by atoms with E-state index in [2.05, 4.69) is 23.2 Å². The van der Waals surface area contributed by atoms with Crippen molar-refractivity contribution in [3.63, 3.8) is 0 Å². The fraction of sp³-hybridized carbons (Fsp3) is 0.900. The van der Waals surface area contributed by atoms with Crippen LogP contribution in [0.15, 0.2) is 22.4 Å². The van der Waals surface area contributed by atoms with Crippen LogP contribution in [0.4, 0.5) is 0 Å². The lowest BCUT2D eigenvalue weighted by Gasteiger charge is -2.12. The van der Waals surface area contributed by atoms with E-state index in [4.69, 9.17) is 5.73 Å². The van der Waals surface area contributed by atoms with Gasteiger partial charge in [-0.15, -0.1) is 0 Å². The van der Waals surface area contributed by atoms with Crippen molar-refractivity contribution in [1.29, 1.82) is 0 Å². The molecule has 0 aromatic carbocycles. The summed E-state index contributed by atoms with van der Waals surface area (Å²) in [7, 11) is 0. The number of hydrogen-bond donors (Lipinski definition) is 2. The molecule has 0 saturated heterocycles. The summed E-state index contributed by atoms with van der Waals surface area (Å²) < 4.78 is 0. The van der Waals surface area contributed by atoms with Crippen LogP contribution in [0.3, 0.4) is 0 Å². The van der Waals surface area contributed by atoms with Gasteiger partial charge in [-0.3, -0.25) is 0 Å². The maximum Gasteiger partial charge on any atom is 0.191 e. The Morgan fingerprint density at radius 2 is 1.50 bits per heavy atom. The Hall–Kier alpha value is -0.740. The molecule has 3 N–H and O–H groups in total. The van der Waals surface area contributed by atoms with E-state index in [9.17, 15) is 5.11 Å². The van der Waals surface area contributed by atoms with Crippen LogP contribution in [0.5, 0.6) is 0 Å². The van der Waals surface area contributed by atoms with Gasteiger partial charge in [0.2, 0.25) is 0 Å². The van der Waals surface area contributed by atoms with E-state index in [0.717, 1.165) is 19.3 Å². The first kappa shape index (κ1) is 21.3. The molecular weight excluding hydrogens is 298 g/mol. The predicted octanol–water partition coefficient (Wildman–Crippen LogP) is 5.50. The smallest absolute Gasteiger partial charge is 0.191 e. The van der Waals surface area contributed by atoms with Crippen LogP contribution in [0, 0.1) is 0 Å². The van der Waals surface area contributed by atoms with Gasteiger partial charge in [0, 0.05) is 6.04 Å². The second kappa shape index (κ2) is 12.6. The van der Waals surface area contributed by atoms with Crippen LogP contribution in [0.25, 0.3) is 0 Å². The largest absolute Gasteiger partial charge is 0.387 e. The number of nitrogens with zero attached hydrogens (tertiary/aromatic N) is 2. The Balaban J connectivity index is 1.88. The second-order valence-electron chi connectivity index (χ2n) is 7.29. The Labute approximate surface area is 149 Å². The molecule has 1 rings (SSSR count). The molecule has 4 heteroatoms. The topological polar surface area (TPSA) is 71.0 Å². The van der Waals surface area contributed by atoms with Crippen molar-refractivity contribution in [2.45, 2.75) is 115 Å². The van der Waals surface area contributed by atoms with Crippen molar-refractivity contribution in [3.05, 3.63) is 12.2 Å². The summed E-state index contributed by atoms with van der Waals surface area (Å²) >= 11 is 0. The molecule has 2 atom stereocenters. The minimum absolute atomic E-state index is 0.0418. The number of hydrogen-bond acceptors (Lipinski definition) is 4. The molecule has 0 fully saturated rings. The van der Waals surface area contributed by atoms with Crippen LogP contribution >= 0.6 is 0 Å². The lowest BCUT2D eigenvalue weighted by molar-refractivity contribution is 0.188. The highest BCUT2D eigenvalue weighted by Gasteiger charge is 2.38. The highest BCUT2D eigenvalue weighted by atomic mass is 16.3. The Morgan fingerprint density at radius 3 is 2.08 bits per heavy atom. The summed E-state index contributed by atoms with van der Waals surface area (Å²) in [5, 5.41) is 18.3. The zero-order valence-corrected chi connectivity index (χ0v) is 15.9. The van der Waals surface area contributed by atoms with E-state index >= 15 is 0 Å². The maximum absolute atomic E-state index is 9.73. The monoisotopic (exact) mass is 337 g/mol. The fourth-order valence-corrected chi connectivity index (χ4v) is 3.05. The molecule has 0 aromatic heterocycles. The van der Waals surface area contributed by atoms with Gasteiger partial charge in [0.05, 0.1) is 6.10 Å². The van der Waals surface area contributed by atoms with E-state index in [1.165, 1.54) is 64.2 Å². The highest BCUT2D eigenvalue weighted by molar-refractivity contribution is 4.93. The molecule has 0 aromatic rings. The number of nitrogens with two attached hydrogens (primary N) is 1. The van der Waals surface area contributed by atoms with Crippen LogP contribution in [0.1, 0.15) is 97.3 Å². The lowest BCUT2D eigenvalue weighted by Crippen LogP contribution is -2.32. The van der Waals surface area contributed by atoms with Gasteiger partial charge in [0.1, 0.15) is 0 Å². The van der Waals surface area contributed by atoms with Crippen LogP contribution in [-0.2, 0) is 0 Å². The van der Waals surface area contributed by atoms with E-state index < -0.39 is 6.10 Å².